The van der Waals surface area contributed by atoms with E-state index in [4.69, 9.17) is 5.73 Å². The summed E-state index contributed by atoms with van der Waals surface area (Å²) >= 11 is 0. The molecule has 158 valence electrons. The number of halogens is 1. The van der Waals surface area contributed by atoms with Crippen LogP contribution in [0.5, 0.6) is 0 Å². The molecule has 0 atom stereocenters. The average molecular weight is 406 g/mol. The molecule has 0 bridgehead atoms. The first kappa shape index (κ1) is 23.3. The van der Waals surface area contributed by atoms with Gasteiger partial charge in [-0.1, -0.05) is 49.1 Å². The van der Waals surface area contributed by atoms with Crippen LogP contribution in [0.2, 0.25) is 0 Å². The highest BCUT2D eigenvalue weighted by atomic mass is 19.1. The van der Waals surface area contributed by atoms with E-state index < -0.39 is 0 Å². The highest BCUT2D eigenvalue weighted by Crippen LogP contribution is 2.22. The molecule has 0 aliphatic heterocycles. The van der Waals surface area contributed by atoms with E-state index in [0.29, 0.717) is 13.1 Å². The summed E-state index contributed by atoms with van der Waals surface area (Å²) in [7, 11) is 0. The van der Waals surface area contributed by atoms with Gasteiger partial charge in [-0.15, -0.1) is 0 Å². The fourth-order valence-corrected chi connectivity index (χ4v) is 3.13. The van der Waals surface area contributed by atoms with E-state index in [1.54, 1.807) is 18.3 Å². The fraction of sp³-hybridized carbons (Fsp3) is 0.269. The lowest BCUT2D eigenvalue weighted by Crippen LogP contribution is -2.17. The smallest absolute Gasteiger partial charge is 0.123 e. The Morgan fingerprint density at radius 2 is 1.97 bits per heavy atom. The number of nitrogens with two attached hydrogens (primary N) is 1. The van der Waals surface area contributed by atoms with Crippen molar-refractivity contribution in [1.82, 2.24) is 10.3 Å². The van der Waals surface area contributed by atoms with Crippen molar-refractivity contribution in [3.05, 3.63) is 113 Å². The van der Waals surface area contributed by atoms with Gasteiger partial charge >= 0.3 is 0 Å². The number of aromatic nitrogens is 1. The molecule has 0 unspecified atom stereocenters. The predicted molar refractivity (Wildman–Crippen MR) is 124 cm³/mol. The highest BCUT2D eigenvalue weighted by molar-refractivity contribution is 5.45. The molecule has 0 saturated heterocycles. The minimum atomic E-state index is -0.194. The van der Waals surface area contributed by atoms with E-state index in [9.17, 15) is 4.39 Å². The number of nitrogens with zero attached hydrogens (tertiary/aromatic N) is 1. The Balaban J connectivity index is 2.03. The van der Waals surface area contributed by atoms with Crippen LogP contribution in [-0.2, 0) is 19.5 Å². The van der Waals surface area contributed by atoms with Crippen molar-refractivity contribution in [3.63, 3.8) is 0 Å². The van der Waals surface area contributed by atoms with Gasteiger partial charge in [-0.2, -0.15) is 0 Å². The van der Waals surface area contributed by atoms with Crippen molar-refractivity contribution in [2.45, 2.75) is 46.2 Å². The molecule has 0 spiro atoms. The maximum atomic E-state index is 13.4. The second-order valence-electron chi connectivity index (χ2n) is 7.56. The topological polar surface area (TPSA) is 50.9 Å². The van der Waals surface area contributed by atoms with Crippen LogP contribution in [0.3, 0.4) is 0 Å². The van der Waals surface area contributed by atoms with E-state index in [2.05, 4.69) is 49.5 Å². The first-order chi connectivity index (χ1) is 14.4. The molecule has 0 radical (unpaired) electrons. The molecule has 0 amide bonds. The predicted octanol–water partition coefficient (Wildman–Crippen LogP) is 5.75. The summed E-state index contributed by atoms with van der Waals surface area (Å²) in [6.45, 7) is 13.6. The molecule has 0 saturated carbocycles. The standard InChI is InChI=1S/C26H32FN3/c1-19(2)13-14-25(20(3)8-5-9-22-10-6-12-24(27)16-22)21(4)30-18-23-11-7-15-29-26(23)17-28/h6-7,10-16,30H,3-5,8-9,17-18,28H2,1-2H3/b25-14+. The first-order valence-electron chi connectivity index (χ1n) is 10.2. The van der Waals surface area contributed by atoms with Crippen LogP contribution in [0.15, 0.2) is 90.3 Å². The second-order valence-corrected chi connectivity index (χ2v) is 7.56. The van der Waals surface area contributed by atoms with E-state index in [0.717, 1.165) is 52.9 Å². The van der Waals surface area contributed by atoms with Gasteiger partial charge in [-0.3, -0.25) is 4.98 Å². The number of hydrogen-bond acceptors (Lipinski definition) is 3. The van der Waals surface area contributed by atoms with Gasteiger partial charge in [0.15, 0.2) is 0 Å². The highest BCUT2D eigenvalue weighted by Gasteiger charge is 2.09. The van der Waals surface area contributed by atoms with Crippen molar-refractivity contribution >= 4 is 0 Å². The number of hydrogen-bond donors (Lipinski definition) is 2. The number of allylic oxidation sites excluding steroid dienone is 4. The van der Waals surface area contributed by atoms with Gasteiger partial charge in [0.1, 0.15) is 5.82 Å². The van der Waals surface area contributed by atoms with Gasteiger partial charge in [-0.05, 0) is 73.6 Å². The maximum absolute atomic E-state index is 13.4. The van der Waals surface area contributed by atoms with Crippen molar-refractivity contribution < 1.29 is 4.39 Å². The SMILES string of the molecule is C=C(CCCc1cccc(F)c1)/C(=C\C=C(C)C)C(=C)NCc1cccnc1CN. The zero-order valence-electron chi connectivity index (χ0n) is 18.0. The lowest BCUT2D eigenvalue weighted by molar-refractivity contribution is 0.624. The molecular formula is C26H32FN3. The monoisotopic (exact) mass is 405 g/mol. The summed E-state index contributed by atoms with van der Waals surface area (Å²) in [5, 5.41) is 3.40. The van der Waals surface area contributed by atoms with E-state index in [1.807, 2.05) is 18.2 Å². The summed E-state index contributed by atoms with van der Waals surface area (Å²) in [5.41, 5.74) is 12.7. The Labute approximate surface area is 179 Å². The molecule has 2 aromatic rings. The molecule has 3 nitrogen and oxygen atoms in total. The van der Waals surface area contributed by atoms with E-state index in [-0.39, 0.29) is 5.82 Å². The molecular weight excluding hydrogens is 373 g/mol. The van der Waals surface area contributed by atoms with Crippen LogP contribution in [0.25, 0.3) is 0 Å². The molecule has 30 heavy (non-hydrogen) atoms. The van der Waals surface area contributed by atoms with Crippen LogP contribution >= 0.6 is 0 Å². The molecule has 1 aromatic heterocycles. The third-order valence-electron chi connectivity index (χ3n) is 4.79. The summed E-state index contributed by atoms with van der Waals surface area (Å²) in [5.74, 6) is -0.194. The normalized spacial score (nSPS) is 11.1. The molecule has 0 fully saturated rings. The summed E-state index contributed by atoms with van der Waals surface area (Å²) in [6.07, 6.45) is 8.38. The number of aryl methyl sites for hydroxylation is 1. The zero-order chi connectivity index (χ0) is 21.9. The minimum absolute atomic E-state index is 0.194. The van der Waals surface area contributed by atoms with Gasteiger partial charge in [-0.25, -0.2) is 4.39 Å². The van der Waals surface area contributed by atoms with E-state index >= 15 is 0 Å². The molecule has 4 heteroatoms. The quantitative estimate of drug-likeness (QED) is 0.468. The summed E-state index contributed by atoms with van der Waals surface area (Å²) in [4.78, 5) is 4.33. The number of rotatable bonds is 11. The van der Waals surface area contributed by atoms with Gasteiger partial charge in [0, 0.05) is 25.0 Å². The Morgan fingerprint density at radius 1 is 1.17 bits per heavy atom. The fourth-order valence-electron chi connectivity index (χ4n) is 3.13. The van der Waals surface area contributed by atoms with Crippen LogP contribution in [0.4, 0.5) is 4.39 Å². The van der Waals surface area contributed by atoms with Crippen LogP contribution < -0.4 is 11.1 Å². The van der Waals surface area contributed by atoms with Crippen LogP contribution in [0, 0.1) is 5.82 Å². The maximum Gasteiger partial charge on any atom is 0.123 e. The van der Waals surface area contributed by atoms with Crippen molar-refractivity contribution in [2.24, 2.45) is 5.73 Å². The third kappa shape index (κ3) is 7.45. The molecule has 1 heterocycles. The largest absolute Gasteiger partial charge is 0.381 e. The number of nitrogens with one attached hydrogen (secondary N) is 1. The van der Waals surface area contributed by atoms with Crippen molar-refractivity contribution in [3.8, 4) is 0 Å². The van der Waals surface area contributed by atoms with Gasteiger partial charge in [0.2, 0.25) is 0 Å². The van der Waals surface area contributed by atoms with E-state index in [1.165, 1.54) is 11.6 Å². The lowest BCUT2D eigenvalue weighted by atomic mass is 9.97. The molecule has 0 aliphatic rings. The number of pyridine rings is 1. The summed E-state index contributed by atoms with van der Waals surface area (Å²) < 4.78 is 13.4. The van der Waals surface area contributed by atoms with Gasteiger partial charge < -0.3 is 11.1 Å². The second kappa shape index (κ2) is 11.9. The number of benzene rings is 1. The Bertz CT molecular complexity index is 937. The van der Waals surface area contributed by atoms with Gasteiger partial charge in [0.25, 0.3) is 0 Å². The minimum Gasteiger partial charge on any atom is -0.381 e. The van der Waals surface area contributed by atoms with Gasteiger partial charge in [0.05, 0.1) is 5.69 Å². The van der Waals surface area contributed by atoms with Crippen molar-refractivity contribution in [2.75, 3.05) is 0 Å². The van der Waals surface area contributed by atoms with Crippen LogP contribution in [0.1, 0.15) is 43.5 Å². The molecule has 2 rings (SSSR count). The third-order valence-corrected chi connectivity index (χ3v) is 4.79. The van der Waals surface area contributed by atoms with Crippen molar-refractivity contribution in [1.29, 1.82) is 0 Å². The Hall–Kier alpha value is -2.98. The lowest BCUT2D eigenvalue weighted by Gasteiger charge is -2.17. The molecule has 0 aliphatic carbocycles. The molecule has 1 aromatic carbocycles. The Morgan fingerprint density at radius 3 is 2.67 bits per heavy atom. The Kier molecular flexibility index (Phi) is 9.23. The summed E-state index contributed by atoms with van der Waals surface area (Å²) in [6, 6.07) is 10.7. The molecule has 3 N–H and O–H groups in total. The first-order valence-corrected chi connectivity index (χ1v) is 10.2. The average Bonchev–Trinajstić information content (AvgIpc) is 2.72. The zero-order valence-corrected chi connectivity index (χ0v) is 18.0. The van der Waals surface area contributed by atoms with Crippen LogP contribution in [-0.4, -0.2) is 4.98 Å².